The van der Waals surface area contributed by atoms with E-state index >= 15 is 0 Å². The molecule has 0 heterocycles. The molecule has 0 saturated heterocycles. The van der Waals surface area contributed by atoms with Crippen LogP contribution in [0.3, 0.4) is 0 Å². The molecule has 0 aromatic heterocycles. The van der Waals surface area contributed by atoms with Crippen LogP contribution in [0.15, 0.2) is 41.5 Å². The van der Waals surface area contributed by atoms with Gasteiger partial charge in [-0.1, -0.05) is 31.6 Å². The zero-order valence-corrected chi connectivity index (χ0v) is 17.2. The molecule has 0 amide bonds. The van der Waals surface area contributed by atoms with Gasteiger partial charge in [0.2, 0.25) is 0 Å². The Hall–Kier alpha value is -2.23. The number of esters is 1. The molecule has 0 unspecified atom stereocenters. The lowest BCUT2D eigenvalue weighted by Gasteiger charge is -2.24. The molecule has 2 rings (SSSR count). The van der Waals surface area contributed by atoms with Crippen LogP contribution < -0.4 is 4.74 Å². The molecule has 1 aliphatic rings. The minimum Gasteiger partial charge on any atom is -0.504 e. The lowest BCUT2D eigenvalue weighted by molar-refractivity contribution is 0.0378. The van der Waals surface area contributed by atoms with Gasteiger partial charge in [0.1, 0.15) is 6.10 Å². The van der Waals surface area contributed by atoms with Crippen molar-refractivity contribution in [1.82, 2.24) is 0 Å². The molecule has 1 aromatic rings. The number of carbonyl (C=O) groups excluding carboxylic acids is 1. The predicted molar refractivity (Wildman–Crippen MR) is 108 cm³/mol. The summed E-state index contributed by atoms with van der Waals surface area (Å²) in [5.74, 6) is -0.149. The SMILES string of the molecule is COc1cc(C(=O)O[C@@H]2CC=C(C)CCCC(C)(C)CC=C2C)ccc1O. The molecule has 27 heavy (non-hydrogen) atoms. The first-order valence-electron chi connectivity index (χ1n) is 9.62. The molecule has 1 atom stereocenters. The van der Waals surface area contributed by atoms with Gasteiger partial charge in [-0.05, 0) is 68.7 Å². The van der Waals surface area contributed by atoms with Crippen molar-refractivity contribution in [2.45, 2.75) is 65.9 Å². The van der Waals surface area contributed by atoms with Crippen LogP contribution in [0.25, 0.3) is 0 Å². The molecule has 1 aliphatic carbocycles. The minimum atomic E-state index is -0.411. The van der Waals surface area contributed by atoms with Gasteiger partial charge in [-0.25, -0.2) is 4.79 Å². The van der Waals surface area contributed by atoms with E-state index in [0.29, 0.717) is 12.0 Å². The zero-order valence-electron chi connectivity index (χ0n) is 17.2. The topological polar surface area (TPSA) is 55.8 Å². The van der Waals surface area contributed by atoms with Crippen LogP contribution in [-0.4, -0.2) is 24.3 Å². The highest BCUT2D eigenvalue weighted by Crippen LogP contribution is 2.31. The second-order valence-electron chi connectivity index (χ2n) is 8.24. The van der Waals surface area contributed by atoms with Gasteiger partial charge in [0, 0.05) is 6.42 Å². The van der Waals surface area contributed by atoms with Crippen LogP contribution in [0, 0.1) is 5.41 Å². The Bertz CT molecular complexity index is 728. The van der Waals surface area contributed by atoms with E-state index in [0.717, 1.165) is 18.4 Å². The Balaban J connectivity index is 2.22. The normalized spacial score (nSPS) is 20.7. The molecule has 4 heteroatoms. The maximum absolute atomic E-state index is 12.7. The second-order valence-corrected chi connectivity index (χ2v) is 8.24. The summed E-state index contributed by atoms with van der Waals surface area (Å²) in [6.07, 6.45) is 9.20. The Morgan fingerprint density at radius 2 is 1.96 bits per heavy atom. The Kier molecular flexibility index (Phi) is 7.11. The van der Waals surface area contributed by atoms with Crippen LogP contribution in [0.1, 0.15) is 70.2 Å². The third-order valence-corrected chi connectivity index (χ3v) is 5.25. The van der Waals surface area contributed by atoms with Crippen molar-refractivity contribution < 1.29 is 19.4 Å². The average molecular weight is 373 g/mol. The van der Waals surface area contributed by atoms with E-state index in [1.54, 1.807) is 6.07 Å². The minimum absolute atomic E-state index is 0.000794. The van der Waals surface area contributed by atoms with Crippen LogP contribution >= 0.6 is 0 Å². The molecule has 148 valence electrons. The van der Waals surface area contributed by atoms with Gasteiger partial charge in [-0.2, -0.15) is 0 Å². The molecule has 4 nitrogen and oxygen atoms in total. The molecule has 0 fully saturated rings. The van der Waals surface area contributed by atoms with Crippen molar-refractivity contribution in [2.24, 2.45) is 5.41 Å². The fourth-order valence-corrected chi connectivity index (χ4v) is 3.26. The molecular weight excluding hydrogens is 340 g/mol. The van der Waals surface area contributed by atoms with Gasteiger partial charge >= 0.3 is 5.97 Å². The summed E-state index contributed by atoms with van der Waals surface area (Å²) in [6, 6.07) is 4.50. The van der Waals surface area contributed by atoms with E-state index in [2.05, 4.69) is 32.9 Å². The van der Waals surface area contributed by atoms with Crippen molar-refractivity contribution in [1.29, 1.82) is 0 Å². The van der Waals surface area contributed by atoms with Crippen molar-refractivity contribution in [3.63, 3.8) is 0 Å². The number of benzene rings is 1. The van der Waals surface area contributed by atoms with Crippen molar-refractivity contribution >= 4 is 5.97 Å². The summed E-state index contributed by atoms with van der Waals surface area (Å²) < 4.78 is 10.9. The number of hydrogen-bond acceptors (Lipinski definition) is 4. The fraction of sp³-hybridized carbons (Fsp3) is 0.522. The maximum atomic E-state index is 12.7. The number of aromatic hydroxyl groups is 1. The number of methoxy groups -OCH3 is 1. The standard InChI is InChI=1S/C23H32O4/c1-16-7-6-13-23(3,4)14-12-17(2)20(11-8-16)27-22(25)18-9-10-19(24)21(15-18)26-5/h8-10,12,15,20,24H,6-7,11,13-14H2,1-5H3/t20-/m1/s1. The first-order valence-corrected chi connectivity index (χ1v) is 9.62. The monoisotopic (exact) mass is 372 g/mol. The number of ether oxygens (including phenoxy) is 2. The predicted octanol–water partition coefficient (Wildman–Crippen LogP) is 5.81. The summed E-state index contributed by atoms with van der Waals surface area (Å²) in [7, 11) is 1.45. The van der Waals surface area contributed by atoms with E-state index in [-0.39, 0.29) is 23.0 Å². The number of phenols is 1. The van der Waals surface area contributed by atoms with Gasteiger partial charge < -0.3 is 14.6 Å². The number of phenolic OH excluding ortho intramolecular Hbond substituents is 1. The van der Waals surface area contributed by atoms with E-state index in [1.165, 1.54) is 37.7 Å². The highest BCUT2D eigenvalue weighted by molar-refractivity contribution is 5.90. The Morgan fingerprint density at radius 1 is 1.22 bits per heavy atom. The third-order valence-electron chi connectivity index (χ3n) is 5.25. The summed E-state index contributed by atoms with van der Waals surface area (Å²) in [5, 5.41) is 9.72. The van der Waals surface area contributed by atoms with E-state index in [9.17, 15) is 9.90 Å². The average Bonchev–Trinajstić information content (AvgIpc) is 2.64. The van der Waals surface area contributed by atoms with Crippen molar-refractivity contribution in [3.8, 4) is 11.5 Å². The highest BCUT2D eigenvalue weighted by Gasteiger charge is 2.21. The lowest BCUT2D eigenvalue weighted by Crippen LogP contribution is -2.20. The molecule has 1 N–H and O–H groups in total. The second kappa shape index (κ2) is 9.12. The first-order chi connectivity index (χ1) is 12.7. The molecule has 0 aliphatic heterocycles. The van der Waals surface area contributed by atoms with Crippen molar-refractivity contribution in [2.75, 3.05) is 7.11 Å². The van der Waals surface area contributed by atoms with Crippen molar-refractivity contribution in [3.05, 3.63) is 47.1 Å². The van der Waals surface area contributed by atoms with Crippen LogP contribution in [0.5, 0.6) is 11.5 Å². The van der Waals surface area contributed by atoms with E-state index in [4.69, 9.17) is 9.47 Å². The Labute approximate surface area is 162 Å². The smallest absolute Gasteiger partial charge is 0.338 e. The maximum Gasteiger partial charge on any atom is 0.338 e. The van der Waals surface area contributed by atoms with Crippen LogP contribution in [0.4, 0.5) is 0 Å². The number of carbonyl (C=O) groups is 1. The number of rotatable bonds is 3. The van der Waals surface area contributed by atoms with Gasteiger partial charge in [0.05, 0.1) is 12.7 Å². The molecule has 0 saturated carbocycles. The largest absolute Gasteiger partial charge is 0.504 e. The summed E-state index contributed by atoms with van der Waals surface area (Å²) >= 11 is 0. The van der Waals surface area contributed by atoms with Gasteiger partial charge in [-0.15, -0.1) is 0 Å². The van der Waals surface area contributed by atoms with Gasteiger partial charge in [0.25, 0.3) is 0 Å². The van der Waals surface area contributed by atoms with Gasteiger partial charge in [0.15, 0.2) is 11.5 Å². The van der Waals surface area contributed by atoms with E-state index in [1.807, 2.05) is 6.92 Å². The Morgan fingerprint density at radius 3 is 2.67 bits per heavy atom. The summed E-state index contributed by atoms with van der Waals surface area (Å²) in [4.78, 5) is 12.7. The number of allylic oxidation sites excluding steroid dienone is 2. The molecular formula is C23H32O4. The summed E-state index contributed by atoms with van der Waals surface area (Å²) in [5.41, 5.74) is 3.03. The molecule has 0 spiro atoms. The lowest BCUT2D eigenvalue weighted by atomic mass is 9.83. The zero-order chi connectivity index (χ0) is 20.0. The third kappa shape index (κ3) is 6.16. The quantitative estimate of drug-likeness (QED) is 0.537. The van der Waals surface area contributed by atoms with E-state index < -0.39 is 5.97 Å². The molecule has 0 bridgehead atoms. The first kappa shape index (κ1) is 21.1. The van der Waals surface area contributed by atoms with Crippen LogP contribution in [-0.2, 0) is 4.74 Å². The molecule has 1 aromatic carbocycles. The van der Waals surface area contributed by atoms with Gasteiger partial charge in [-0.3, -0.25) is 0 Å². The van der Waals surface area contributed by atoms with Crippen LogP contribution in [0.2, 0.25) is 0 Å². The molecule has 0 radical (unpaired) electrons. The summed E-state index contributed by atoms with van der Waals surface area (Å²) in [6.45, 7) is 8.76. The fourth-order valence-electron chi connectivity index (χ4n) is 3.26. The highest BCUT2D eigenvalue weighted by atomic mass is 16.5. The number of hydrogen-bond donors (Lipinski definition) is 1.